The van der Waals surface area contributed by atoms with Crippen molar-refractivity contribution in [2.24, 2.45) is 0 Å². The molecule has 2 atom stereocenters. The van der Waals surface area contributed by atoms with Crippen molar-refractivity contribution in [2.75, 3.05) is 18.2 Å². The lowest BCUT2D eigenvalue weighted by atomic mass is 10.1. The smallest absolute Gasteiger partial charge is 0.408 e. The Morgan fingerprint density at radius 1 is 1.38 bits per heavy atom. The lowest BCUT2D eigenvalue weighted by molar-refractivity contribution is -0.121. The molecule has 2 rings (SSSR count). The average Bonchev–Trinajstić information content (AvgIpc) is 2.55. The van der Waals surface area contributed by atoms with Gasteiger partial charge in [-0.1, -0.05) is 0 Å². The second kappa shape index (κ2) is 6.75. The second-order valence-corrected chi connectivity index (χ2v) is 9.12. The van der Waals surface area contributed by atoms with Crippen LogP contribution >= 0.6 is 0 Å². The Morgan fingerprint density at radius 2 is 2.00 bits per heavy atom. The fourth-order valence-corrected chi connectivity index (χ4v) is 2.92. The van der Waals surface area contributed by atoms with Crippen LogP contribution in [0.5, 0.6) is 5.75 Å². The molecule has 2 heterocycles. The molecule has 0 aromatic carbocycles. The van der Waals surface area contributed by atoms with Gasteiger partial charge in [0.25, 0.3) is 5.91 Å². The van der Waals surface area contributed by atoms with Gasteiger partial charge in [0.1, 0.15) is 17.7 Å². The molecule has 0 bridgehead atoms. The zero-order chi connectivity index (χ0) is 19.9. The molecule has 1 aromatic rings. The largest absolute Gasteiger partial charge is 0.484 e. The third kappa shape index (κ3) is 4.43. The number of carbonyl (C=O) groups is 2. The first-order valence-electron chi connectivity index (χ1n) is 7.93. The predicted molar refractivity (Wildman–Crippen MR) is 94.0 cm³/mol. The van der Waals surface area contributed by atoms with Crippen molar-refractivity contribution >= 4 is 27.7 Å². The van der Waals surface area contributed by atoms with E-state index in [1.165, 1.54) is 18.0 Å². The molecule has 26 heavy (non-hydrogen) atoms. The number of carbonyl (C=O) groups excluding carboxylic acids is 2. The van der Waals surface area contributed by atoms with E-state index in [1.54, 1.807) is 27.7 Å². The van der Waals surface area contributed by atoms with Gasteiger partial charge in [0.15, 0.2) is 21.4 Å². The van der Waals surface area contributed by atoms with Crippen LogP contribution in [0, 0.1) is 0 Å². The van der Waals surface area contributed by atoms with E-state index in [-0.39, 0.29) is 16.5 Å². The van der Waals surface area contributed by atoms with Gasteiger partial charge in [-0.15, -0.1) is 0 Å². The number of sulfone groups is 1. The van der Waals surface area contributed by atoms with E-state index in [0.29, 0.717) is 0 Å². The third-order valence-electron chi connectivity index (χ3n) is 3.60. The highest BCUT2D eigenvalue weighted by molar-refractivity contribution is 7.90. The standard InChI is InChI=1S/C16H23N3O6S/c1-9-12(18-15(21)25-16(2,3)4)14(20)19(5)13-11(24-9)7-10(8-17-13)26(6,22)23/h7-9,12H,1-6H3,(H,18,21)/t9-,12+/m1/s1. The van der Waals surface area contributed by atoms with Crippen LogP contribution in [0.4, 0.5) is 10.6 Å². The van der Waals surface area contributed by atoms with Gasteiger partial charge in [-0.2, -0.15) is 0 Å². The number of nitrogens with zero attached hydrogens (tertiary/aromatic N) is 2. The minimum Gasteiger partial charge on any atom is -0.484 e. The Morgan fingerprint density at radius 3 is 2.54 bits per heavy atom. The lowest BCUT2D eigenvalue weighted by Gasteiger charge is -2.26. The predicted octanol–water partition coefficient (Wildman–Crippen LogP) is 1.12. The monoisotopic (exact) mass is 385 g/mol. The molecular formula is C16H23N3O6S. The highest BCUT2D eigenvalue weighted by Gasteiger charge is 2.37. The summed E-state index contributed by atoms with van der Waals surface area (Å²) in [7, 11) is -2.01. The maximum atomic E-state index is 12.7. The van der Waals surface area contributed by atoms with Gasteiger partial charge in [0.05, 0.1) is 4.90 Å². The molecule has 0 fully saturated rings. The summed E-state index contributed by atoms with van der Waals surface area (Å²) in [6, 6.07) is 0.291. The fourth-order valence-electron chi connectivity index (χ4n) is 2.36. The number of hydrogen-bond acceptors (Lipinski definition) is 7. The van der Waals surface area contributed by atoms with Crippen molar-refractivity contribution in [3.05, 3.63) is 12.3 Å². The van der Waals surface area contributed by atoms with Crippen molar-refractivity contribution in [1.82, 2.24) is 10.3 Å². The first kappa shape index (κ1) is 20.0. The molecular weight excluding hydrogens is 362 g/mol. The van der Waals surface area contributed by atoms with Gasteiger partial charge in [0.2, 0.25) is 0 Å². The molecule has 1 aliphatic rings. The van der Waals surface area contributed by atoms with E-state index in [1.807, 2.05) is 0 Å². The highest BCUT2D eigenvalue weighted by atomic mass is 32.2. The minimum atomic E-state index is -3.49. The number of amides is 2. The van der Waals surface area contributed by atoms with E-state index < -0.39 is 39.6 Å². The number of rotatable bonds is 2. The molecule has 1 N–H and O–H groups in total. The molecule has 0 aliphatic carbocycles. The summed E-state index contributed by atoms with van der Waals surface area (Å²) in [6.07, 6.45) is 0.692. The molecule has 1 aromatic heterocycles. The molecule has 10 heteroatoms. The molecule has 0 saturated heterocycles. The van der Waals surface area contributed by atoms with Crippen LogP contribution in [0.1, 0.15) is 27.7 Å². The Kier molecular flexibility index (Phi) is 5.18. The maximum absolute atomic E-state index is 12.7. The van der Waals surface area contributed by atoms with Crippen molar-refractivity contribution in [3.63, 3.8) is 0 Å². The van der Waals surface area contributed by atoms with Gasteiger partial charge in [-0.3, -0.25) is 9.69 Å². The van der Waals surface area contributed by atoms with Crippen LogP contribution in [0.25, 0.3) is 0 Å². The van der Waals surface area contributed by atoms with E-state index in [2.05, 4.69) is 10.3 Å². The van der Waals surface area contributed by atoms with Crippen molar-refractivity contribution in [3.8, 4) is 5.75 Å². The number of hydrogen-bond donors (Lipinski definition) is 1. The van der Waals surface area contributed by atoms with E-state index in [9.17, 15) is 18.0 Å². The molecule has 1 aliphatic heterocycles. The Bertz CT molecular complexity index is 831. The minimum absolute atomic E-state index is 0.0251. The van der Waals surface area contributed by atoms with Gasteiger partial charge < -0.3 is 14.8 Å². The molecule has 2 amide bonds. The Labute approximate surface area is 152 Å². The number of anilines is 1. The van der Waals surface area contributed by atoms with Crippen LogP contribution in [-0.4, -0.2) is 56.5 Å². The average molecular weight is 385 g/mol. The highest BCUT2D eigenvalue weighted by Crippen LogP contribution is 2.32. The maximum Gasteiger partial charge on any atom is 0.408 e. The first-order valence-corrected chi connectivity index (χ1v) is 9.82. The number of alkyl carbamates (subject to hydrolysis) is 1. The zero-order valence-electron chi connectivity index (χ0n) is 15.6. The van der Waals surface area contributed by atoms with Crippen LogP contribution < -0.4 is 15.0 Å². The van der Waals surface area contributed by atoms with Crippen molar-refractivity contribution in [2.45, 2.75) is 50.3 Å². The molecule has 0 radical (unpaired) electrons. The summed E-state index contributed by atoms with van der Waals surface area (Å²) in [5.74, 6) is -0.144. The molecule has 0 saturated carbocycles. The summed E-state index contributed by atoms with van der Waals surface area (Å²) in [4.78, 5) is 30.0. The SMILES string of the molecule is C[C@H]1Oc2cc(S(C)(=O)=O)cnc2N(C)C(=O)[C@H]1NC(=O)OC(C)(C)C. The summed E-state index contributed by atoms with van der Waals surface area (Å²) in [5, 5.41) is 2.50. The van der Waals surface area contributed by atoms with Crippen LogP contribution in [0.15, 0.2) is 17.2 Å². The Hall–Kier alpha value is -2.36. The van der Waals surface area contributed by atoms with Crippen LogP contribution in [0.3, 0.4) is 0 Å². The van der Waals surface area contributed by atoms with Crippen LogP contribution in [-0.2, 0) is 19.4 Å². The second-order valence-electron chi connectivity index (χ2n) is 7.11. The van der Waals surface area contributed by atoms with E-state index >= 15 is 0 Å². The number of aromatic nitrogens is 1. The van der Waals surface area contributed by atoms with Crippen molar-refractivity contribution < 1.29 is 27.5 Å². The quantitative estimate of drug-likeness (QED) is 0.811. The van der Waals surface area contributed by atoms with Crippen LogP contribution in [0.2, 0.25) is 0 Å². The zero-order valence-corrected chi connectivity index (χ0v) is 16.4. The van der Waals surface area contributed by atoms with Gasteiger partial charge >= 0.3 is 6.09 Å². The lowest BCUT2D eigenvalue weighted by Crippen LogP contribution is -2.54. The van der Waals surface area contributed by atoms with Gasteiger partial charge in [-0.25, -0.2) is 18.2 Å². The first-order chi connectivity index (χ1) is 11.8. The molecule has 144 valence electrons. The normalized spacial score (nSPS) is 20.7. The number of ether oxygens (including phenoxy) is 2. The topological polar surface area (TPSA) is 115 Å². The number of fused-ring (bicyclic) bond motifs is 1. The number of pyridine rings is 1. The van der Waals surface area contributed by atoms with Gasteiger partial charge in [-0.05, 0) is 27.7 Å². The third-order valence-corrected chi connectivity index (χ3v) is 4.68. The molecule has 0 unspecified atom stereocenters. The van der Waals surface area contributed by atoms with E-state index in [0.717, 1.165) is 12.5 Å². The summed E-state index contributed by atoms with van der Waals surface area (Å²) in [5.41, 5.74) is -0.719. The van der Waals surface area contributed by atoms with E-state index in [4.69, 9.17) is 9.47 Å². The molecule has 0 spiro atoms. The van der Waals surface area contributed by atoms with Gasteiger partial charge in [0, 0.05) is 25.6 Å². The molecule has 9 nitrogen and oxygen atoms in total. The summed E-state index contributed by atoms with van der Waals surface area (Å²) < 4.78 is 34.4. The van der Waals surface area contributed by atoms with Crippen molar-refractivity contribution in [1.29, 1.82) is 0 Å². The summed E-state index contributed by atoms with van der Waals surface area (Å²) >= 11 is 0. The number of likely N-dealkylation sites (N-methyl/N-ethyl adjacent to an activating group) is 1. The summed E-state index contributed by atoms with van der Waals surface area (Å²) in [6.45, 7) is 6.72. The number of nitrogens with one attached hydrogen (secondary N) is 1. The Balaban J connectivity index is 2.33. The fraction of sp³-hybridized carbons (Fsp3) is 0.562.